The molecule has 3 rings (SSSR count). The third-order valence-electron chi connectivity index (χ3n) is 3.63. The molecule has 0 aliphatic rings. The van der Waals surface area contributed by atoms with E-state index < -0.39 is 42.1 Å². The second kappa shape index (κ2) is 6.35. The molecule has 0 unspecified atom stereocenters. The first kappa shape index (κ1) is 18.9. The molecular formula is C15H11F6N5O. The van der Waals surface area contributed by atoms with Crippen molar-refractivity contribution in [3.05, 3.63) is 46.3 Å². The second-order valence-corrected chi connectivity index (χ2v) is 5.74. The fourth-order valence-corrected chi connectivity index (χ4v) is 2.44. The number of aryl methyl sites for hydroxylation is 2. The maximum Gasteiger partial charge on any atom is 0.434 e. The maximum absolute atomic E-state index is 13.4. The molecule has 3 aromatic heterocycles. The Morgan fingerprint density at radius 1 is 1.11 bits per heavy atom. The van der Waals surface area contributed by atoms with Crippen LogP contribution in [-0.2, 0) is 12.7 Å². The van der Waals surface area contributed by atoms with Gasteiger partial charge in [-0.2, -0.15) is 41.1 Å². The van der Waals surface area contributed by atoms with Crippen molar-refractivity contribution in [3.8, 4) is 11.1 Å². The molecular weight excluding hydrogens is 380 g/mol. The first-order valence-electron chi connectivity index (χ1n) is 7.53. The Morgan fingerprint density at radius 2 is 1.81 bits per heavy atom. The first-order valence-corrected chi connectivity index (χ1v) is 7.53. The summed E-state index contributed by atoms with van der Waals surface area (Å²) < 4.78 is 78.7. The minimum atomic E-state index is -4.96. The van der Waals surface area contributed by atoms with Crippen LogP contribution in [0.25, 0.3) is 16.8 Å². The lowest BCUT2D eigenvalue weighted by Gasteiger charge is -2.12. The highest BCUT2D eigenvalue weighted by atomic mass is 19.4. The smallest absolute Gasteiger partial charge is 0.272 e. The summed E-state index contributed by atoms with van der Waals surface area (Å²) in [5.74, 6) is 0. The highest BCUT2D eigenvalue weighted by Crippen LogP contribution is 2.34. The van der Waals surface area contributed by atoms with Crippen LogP contribution in [0.15, 0.2) is 29.3 Å². The summed E-state index contributed by atoms with van der Waals surface area (Å²) in [6.07, 6.45) is -8.78. The number of aromatic nitrogens is 5. The third-order valence-corrected chi connectivity index (χ3v) is 3.63. The van der Waals surface area contributed by atoms with Gasteiger partial charge in [0.05, 0.1) is 23.9 Å². The van der Waals surface area contributed by atoms with E-state index in [0.29, 0.717) is 10.2 Å². The molecule has 0 fully saturated rings. The summed E-state index contributed by atoms with van der Waals surface area (Å²) in [4.78, 5) is 16.1. The summed E-state index contributed by atoms with van der Waals surface area (Å²) in [5, 5.41) is 7.47. The first-order chi connectivity index (χ1) is 12.5. The largest absolute Gasteiger partial charge is 0.434 e. The summed E-state index contributed by atoms with van der Waals surface area (Å²) in [7, 11) is 0. The van der Waals surface area contributed by atoms with Crippen molar-refractivity contribution < 1.29 is 26.3 Å². The van der Waals surface area contributed by atoms with Crippen molar-refractivity contribution >= 4 is 5.65 Å². The number of hydrogen-bond donors (Lipinski definition) is 0. The fourth-order valence-electron chi connectivity index (χ4n) is 2.44. The molecule has 144 valence electrons. The van der Waals surface area contributed by atoms with Crippen LogP contribution >= 0.6 is 0 Å². The maximum atomic E-state index is 13.4. The quantitative estimate of drug-likeness (QED) is 0.643. The van der Waals surface area contributed by atoms with E-state index in [4.69, 9.17) is 0 Å². The molecule has 0 N–H and O–H groups in total. The third kappa shape index (κ3) is 3.93. The topological polar surface area (TPSA) is 65.1 Å². The standard InChI is InChI=1S/C15H11F6N5O/c1-8-2-3-10-23-12(15(19,20)21)11(13(27)26(10)24-8)9-6-22-25(7-9)5-4-14(16,17)18/h2-3,6-7H,4-5H2,1H3. The summed E-state index contributed by atoms with van der Waals surface area (Å²) >= 11 is 0. The highest BCUT2D eigenvalue weighted by Gasteiger charge is 2.38. The SMILES string of the molecule is Cc1ccc2nc(C(F)(F)F)c(-c3cnn(CCC(F)(F)F)c3)c(=O)n2n1. The lowest BCUT2D eigenvalue weighted by molar-refractivity contribution is -0.140. The van der Waals surface area contributed by atoms with E-state index in [-0.39, 0.29) is 11.2 Å². The Hall–Kier alpha value is -2.92. The van der Waals surface area contributed by atoms with Gasteiger partial charge >= 0.3 is 12.4 Å². The van der Waals surface area contributed by atoms with Crippen LogP contribution < -0.4 is 5.56 Å². The van der Waals surface area contributed by atoms with Gasteiger partial charge in [0.1, 0.15) is 0 Å². The molecule has 3 heterocycles. The van der Waals surface area contributed by atoms with Gasteiger partial charge in [0.15, 0.2) is 11.3 Å². The molecule has 6 nitrogen and oxygen atoms in total. The number of rotatable bonds is 3. The molecule has 0 atom stereocenters. The monoisotopic (exact) mass is 391 g/mol. The van der Waals surface area contributed by atoms with Gasteiger partial charge in [-0.3, -0.25) is 9.48 Å². The van der Waals surface area contributed by atoms with E-state index in [1.165, 1.54) is 12.1 Å². The van der Waals surface area contributed by atoms with Crippen LogP contribution in [0.4, 0.5) is 26.3 Å². The van der Waals surface area contributed by atoms with Gasteiger partial charge in [0.2, 0.25) is 0 Å². The number of nitrogens with zero attached hydrogens (tertiary/aromatic N) is 5. The second-order valence-electron chi connectivity index (χ2n) is 5.74. The van der Waals surface area contributed by atoms with Crippen LogP contribution in [0, 0.1) is 6.92 Å². The molecule has 0 saturated heterocycles. The van der Waals surface area contributed by atoms with Gasteiger partial charge in [-0.05, 0) is 19.1 Å². The number of halogens is 6. The van der Waals surface area contributed by atoms with Gasteiger partial charge in [0.25, 0.3) is 5.56 Å². The van der Waals surface area contributed by atoms with Crippen molar-refractivity contribution in [2.75, 3.05) is 0 Å². The molecule has 0 bridgehead atoms. The Labute approximate surface area is 147 Å². The van der Waals surface area contributed by atoms with E-state index in [1.54, 1.807) is 6.92 Å². The van der Waals surface area contributed by atoms with Gasteiger partial charge in [-0.15, -0.1) is 0 Å². The highest BCUT2D eigenvalue weighted by molar-refractivity contribution is 5.65. The zero-order valence-corrected chi connectivity index (χ0v) is 13.6. The van der Waals surface area contributed by atoms with Crippen LogP contribution in [-0.4, -0.2) is 30.6 Å². The minimum Gasteiger partial charge on any atom is -0.272 e. The molecule has 12 heteroatoms. The Balaban J connectivity index is 2.17. The molecule has 0 spiro atoms. The zero-order chi connectivity index (χ0) is 20.0. The van der Waals surface area contributed by atoms with Crippen LogP contribution in [0.2, 0.25) is 0 Å². The molecule has 27 heavy (non-hydrogen) atoms. The van der Waals surface area contributed by atoms with Gasteiger partial charge in [0, 0.05) is 18.3 Å². The fraction of sp³-hybridized carbons (Fsp3) is 0.333. The van der Waals surface area contributed by atoms with Crippen molar-refractivity contribution in [2.45, 2.75) is 32.2 Å². The van der Waals surface area contributed by atoms with Crippen LogP contribution in [0.1, 0.15) is 17.8 Å². The number of hydrogen-bond acceptors (Lipinski definition) is 4. The lowest BCUT2D eigenvalue weighted by atomic mass is 10.1. The predicted molar refractivity (Wildman–Crippen MR) is 80.9 cm³/mol. The molecule has 0 aromatic carbocycles. The van der Waals surface area contributed by atoms with Crippen molar-refractivity contribution in [1.82, 2.24) is 24.4 Å². The number of fused-ring (bicyclic) bond motifs is 1. The van der Waals surface area contributed by atoms with Gasteiger partial charge in [-0.25, -0.2) is 4.98 Å². The van der Waals surface area contributed by atoms with E-state index >= 15 is 0 Å². The van der Waals surface area contributed by atoms with Gasteiger partial charge < -0.3 is 0 Å². The minimum absolute atomic E-state index is 0.292. The van der Waals surface area contributed by atoms with Crippen molar-refractivity contribution in [3.63, 3.8) is 0 Å². The number of alkyl halides is 6. The van der Waals surface area contributed by atoms with Crippen molar-refractivity contribution in [1.29, 1.82) is 0 Å². The molecule has 3 aromatic rings. The average molecular weight is 391 g/mol. The predicted octanol–water partition coefficient (Wildman–Crippen LogP) is 3.23. The summed E-state index contributed by atoms with van der Waals surface area (Å²) in [6.45, 7) is 0.947. The molecule has 0 amide bonds. The summed E-state index contributed by atoms with van der Waals surface area (Å²) in [5.41, 5.74) is -3.58. The lowest BCUT2D eigenvalue weighted by Crippen LogP contribution is -2.25. The summed E-state index contributed by atoms with van der Waals surface area (Å²) in [6, 6.07) is 2.62. The van der Waals surface area contributed by atoms with Crippen LogP contribution in [0.5, 0.6) is 0 Å². The Morgan fingerprint density at radius 3 is 2.44 bits per heavy atom. The van der Waals surface area contributed by atoms with Crippen LogP contribution in [0.3, 0.4) is 0 Å². The Bertz CT molecular complexity index is 1050. The van der Waals surface area contributed by atoms with E-state index in [1.807, 2.05) is 0 Å². The molecule has 0 aliphatic carbocycles. The van der Waals surface area contributed by atoms with Crippen molar-refractivity contribution in [2.24, 2.45) is 0 Å². The average Bonchev–Trinajstić information content (AvgIpc) is 3.00. The van der Waals surface area contributed by atoms with Gasteiger partial charge in [-0.1, -0.05) is 0 Å². The molecule has 0 aliphatic heterocycles. The Kier molecular flexibility index (Phi) is 4.44. The van der Waals surface area contributed by atoms with E-state index in [0.717, 1.165) is 17.1 Å². The van der Waals surface area contributed by atoms with E-state index in [2.05, 4.69) is 15.2 Å². The molecule has 0 radical (unpaired) electrons. The molecule has 0 saturated carbocycles. The zero-order valence-electron chi connectivity index (χ0n) is 13.6. The normalized spacial score (nSPS) is 12.7. The van der Waals surface area contributed by atoms with E-state index in [9.17, 15) is 31.1 Å².